The number of aromatic nitrogens is 4. The molecule has 0 radical (unpaired) electrons. The standard InChI is InChI=1S/C27H23N5O4.C24H21N5O3.C3H3ClO/c1-3-24(33)29-19-11-8-14-22(16-19)36-26-23(25(34)30-18-9-5-4-6-10-18)17-28-27(32-26)31-20-12-7-13-21(15-20)35-2;1-31-19-11-6-10-18(14-19)28-24-26-15-21(22(30)27-17-8-3-2-4-9-17)23(29-24)32-20-12-5-7-16(25)13-20;1-2-3(4)5/h3-17H,1H2,2H3,(H,29,33)(H,30,34)(H,28,31,32);2-15H,25H2,1H3,(H,27,30)(H,26,28,29);2H,1H2. The van der Waals surface area contributed by atoms with Gasteiger partial charge in [0.15, 0.2) is 0 Å². The first-order valence-corrected chi connectivity index (χ1v) is 22.1. The zero-order valence-electron chi connectivity index (χ0n) is 39.2. The first-order chi connectivity index (χ1) is 35.4. The molecule has 0 aliphatic rings. The minimum Gasteiger partial charge on any atom is -0.497 e. The number of anilines is 8. The zero-order chi connectivity index (χ0) is 52.0. The molecular formula is C54H47ClN10O8. The molecule has 8 aromatic rings. The number of hydrogen-bond donors (Lipinski definition) is 6. The van der Waals surface area contributed by atoms with Crippen LogP contribution in [0.15, 0.2) is 195 Å². The fourth-order valence-electron chi connectivity index (χ4n) is 6.05. The van der Waals surface area contributed by atoms with Crippen molar-refractivity contribution >= 4 is 80.6 Å². The normalized spacial score (nSPS) is 9.96. The third-order valence-corrected chi connectivity index (χ3v) is 9.60. The second kappa shape index (κ2) is 26.6. The van der Waals surface area contributed by atoms with Crippen molar-refractivity contribution in [2.24, 2.45) is 0 Å². The summed E-state index contributed by atoms with van der Waals surface area (Å²) < 4.78 is 22.4. The highest BCUT2D eigenvalue weighted by atomic mass is 35.5. The molecule has 3 amide bonds. The summed E-state index contributed by atoms with van der Waals surface area (Å²) in [6.45, 7) is 6.53. The van der Waals surface area contributed by atoms with Gasteiger partial charge in [0.25, 0.3) is 11.8 Å². The van der Waals surface area contributed by atoms with Gasteiger partial charge < -0.3 is 51.3 Å². The van der Waals surface area contributed by atoms with Gasteiger partial charge in [0.2, 0.25) is 34.8 Å². The number of ether oxygens (including phenoxy) is 4. The molecule has 2 heterocycles. The molecule has 0 saturated carbocycles. The predicted molar refractivity (Wildman–Crippen MR) is 283 cm³/mol. The van der Waals surface area contributed by atoms with Gasteiger partial charge in [0, 0.05) is 70.8 Å². The summed E-state index contributed by atoms with van der Waals surface area (Å²) in [5, 5.41) is 14.0. The van der Waals surface area contributed by atoms with Crippen LogP contribution in [-0.4, -0.2) is 57.1 Å². The molecule has 0 aliphatic heterocycles. The molecule has 0 fully saturated rings. The minimum absolute atomic E-state index is 0.0241. The van der Waals surface area contributed by atoms with Crippen LogP contribution in [0.5, 0.6) is 34.8 Å². The highest BCUT2D eigenvalue weighted by Crippen LogP contribution is 2.30. The van der Waals surface area contributed by atoms with Crippen LogP contribution in [0, 0.1) is 0 Å². The molecule has 0 bridgehead atoms. The van der Waals surface area contributed by atoms with Gasteiger partial charge in [-0.15, -0.1) is 0 Å². The summed E-state index contributed by atoms with van der Waals surface area (Å²) in [6.07, 6.45) is 5.00. The molecule has 368 valence electrons. The molecule has 7 N–H and O–H groups in total. The Balaban J connectivity index is 0.000000219. The number of para-hydroxylation sites is 2. The number of methoxy groups -OCH3 is 2. The summed E-state index contributed by atoms with van der Waals surface area (Å²) in [4.78, 5) is 64.5. The Morgan fingerprint density at radius 2 is 0.904 bits per heavy atom. The minimum atomic E-state index is -0.509. The van der Waals surface area contributed by atoms with Gasteiger partial charge in [-0.2, -0.15) is 9.97 Å². The van der Waals surface area contributed by atoms with Crippen molar-refractivity contribution in [3.05, 3.63) is 207 Å². The Hall–Kier alpha value is -10.1. The van der Waals surface area contributed by atoms with Crippen LogP contribution in [0.4, 0.5) is 46.0 Å². The summed E-state index contributed by atoms with van der Waals surface area (Å²) >= 11 is 4.71. The number of amides is 3. The van der Waals surface area contributed by atoms with E-state index in [1.54, 1.807) is 99.1 Å². The van der Waals surface area contributed by atoms with Crippen LogP contribution < -0.4 is 51.3 Å². The summed E-state index contributed by atoms with van der Waals surface area (Å²) in [7, 11) is 3.17. The van der Waals surface area contributed by atoms with Gasteiger partial charge in [-0.3, -0.25) is 19.2 Å². The fraction of sp³-hybridized carbons (Fsp3) is 0.0370. The van der Waals surface area contributed by atoms with E-state index >= 15 is 0 Å². The number of hydrogen-bond acceptors (Lipinski definition) is 15. The highest BCUT2D eigenvalue weighted by Gasteiger charge is 2.20. The van der Waals surface area contributed by atoms with Crippen molar-refractivity contribution in [1.29, 1.82) is 0 Å². The second-order valence-corrected chi connectivity index (χ2v) is 15.1. The highest BCUT2D eigenvalue weighted by molar-refractivity contribution is 6.66. The number of rotatable bonds is 17. The van der Waals surface area contributed by atoms with E-state index in [2.05, 4.69) is 59.7 Å². The molecule has 0 spiro atoms. The number of allylic oxidation sites excluding steroid dienone is 1. The Morgan fingerprint density at radius 1 is 0.507 bits per heavy atom. The Morgan fingerprint density at radius 3 is 1.33 bits per heavy atom. The molecule has 8 rings (SSSR count). The molecule has 73 heavy (non-hydrogen) atoms. The molecule has 18 nitrogen and oxygen atoms in total. The van der Waals surface area contributed by atoms with Crippen molar-refractivity contribution in [2.45, 2.75) is 0 Å². The molecular weight excluding hydrogens is 952 g/mol. The van der Waals surface area contributed by atoms with Crippen molar-refractivity contribution in [3.8, 4) is 34.8 Å². The number of benzene rings is 6. The third kappa shape index (κ3) is 16.5. The van der Waals surface area contributed by atoms with Gasteiger partial charge in [-0.1, -0.05) is 73.8 Å². The molecule has 6 aromatic carbocycles. The zero-order valence-corrected chi connectivity index (χ0v) is 40.0. The van der Waals surface area contributed by atoms with Gasteiger partial charge in [-0.25, -0.2) is 9.97 Å². The SMILES string of the molecule is C=CC(=O)Cl.C=CC(=O)Nc1cccc(Oc2nc(Nc3cccc(OC)c3)ncc2C(=O)Nc2ccccc2)c1.COc1cccc(Nc2ncc(C(=O)Nc3ccccc3)c(Oc3cccc(N)c3)n2)c1. The lowest BCUT2D eigenvalue weighted by atomic mass is 10.2. The van der Waals surface area contributed by atoms with Crippen molar-refractivity contribution in [2.75, 3.05) is 46.5 Å². The molecule has 0 unspecified atom stereocenters. The maximum atomic E-state index is 13.1. The number of nitrogens with one attached hydrogen (secondary N) is 5. The number of halogens is 1. The largest absolute Gasteiger partial charge is 0.497 e. The molecule has 0 aliphatic carbocycles. The summed E-state index contributed by atoms with van der Waals surface area (Å²) in [5.74, 6) is 1.53. The molecule has 0 saturated heterocycles. The van der Waals surface area contributed by atoms with E-state index in [9.17, 15) is 19.2 Å². The van der Waals surface area contributed by atoms with Crippen molar-refractivity contribution < 1.29 is 38.1 Å². The average molecular weight is 999 g/mol. The first-order valence-electron chi connectivity index (χ1n) is 21.8. The fourth-order valence-corrected chi connectivity index (χ4v) is 6.05. The van der Waals surface area contributed by atoms with Crippen LogP contribution in [0.1, 0.15) is 20.7 Å². The van der Waals surface area contributed by atoms with Gasteiger partial charge in [0.1, 0.15) is 34.1 Å². The second-order valence-electron chi connectivity index (χ2n) is 14.7. The molecule has 19 heteroatoms. The Labute approximate surface area is 424 Å². The summed E-state index contributed by atoms with van der Waals surface area (Å²) in [6, 6.07) is 46.3. The number of nitrogens with two attached hydrogens (primary N) is 1. The van der Waals surface area contributed by atoms with Gasteiger partial charge in [0.05, 0.1) is 14.2 Å². The lowest BCUT2D eigenvalue weighted by molar-refractivity contribution is -0.112. The molecule has 0 atom stereocenters. The van der Waals surface area contributed by atoms with Crippen LogP contribution in [0.2, 0.25) is 0 Å². The first kappa shape index (κ1) is 52.3. The number of nitrogen functional groups attached to an aromatic ring is 1. The number of nitrogens with zero attached hydrogens (tertiary/aromatic N) is 4. The quantitative estimate of drug-likeness (QED) is 0.0282. The van der Waals surface area contributed by atoms with E-state index in [0.29, 0.717) is 51.4 Å². The van der Waals surface area contributed by atoms with Crippen LogP contribution in [0.3, 0.4) is 0 Å². The lowest BCUT2D eigenvalue weighted by Crippen LogP contribution is -2.15. The van der Waals surface area contributed by atoms with Gasteiger partial charge >= 0.3 is 0 Å². The van der Waals surface area contributed by atoms with E-state index in [4.69, 9.17) is 36.3 Å². The monoisotopic (exact) mass is 998 g/mol. The van der Waals surface area contributed by atoms with E-state index in [1.807, 2.05) is 72.8 Å². The molecule has 2 aromatic heterocycles. The topological polar surface area (TPSA) is 243 Å². The van der Waals surface area contributed by atoms with Crippen LogP contribution in [-0.2, 0) is 9.59 Å². The van der Waals surface area contributed by atoms with Crippen LogP contribution >= 0.6 is 11.6 Å². The van der Waals surface area contributed by atoms with Crippen molar-refractivity contribution in [3.63, 3.8) is 0 Å². The third-order valence-electron chi connectivity index (χ3n) is 9.45. The smallest absolute Gasteiger partial charge is 0.262 e. The maximum absolute atomic E-state index is 13.1. The van der Waals surface area contributed by atoms with Gasteiger partial charge in [-0.05, 0) is 96.5 Å². The predicted octanol–water partition coefficient (Wildman–Crippen LogP) is 11.2. The van der Waals surface area contributed by atoms with Crippen molar-refractivity contribution in [1.82, 2.24) is 19.9 Å². The van der Waals surface area contributed by atoms with E-state index in [0.717, 1.165) is 11.8 Å². The summed E-state index contributed by atoms with van der Waals surface area (Å²) in [5.41, 5.74) is 9.85. The number of carbonyl (C=O) groups is 4. The number of carbonyl (C=O) groups excluding carboxylic acids is 4. The Kier molecular flexibility index (Phi) is 19.1. The van der Waals surface area contributed by atoms with E-state index in [1.165, 1.54) is 18.5 Å². The van der Waals surface area contributed by atoms with E-state index in [-0.39, 0.29) is 40.7 Å². The lowest BCUT2D eigenvalue weighted by Gasteiger charge is -2.13. The Bertz CT molecular complexity index is 3200. The maximum Gasteiger partial charge on any atom is 0.262 e. The van der Waals surface area contributed by atoms with E-state index < -0.39 is 17.1 Å². The average Bonchev–Trinajstić information content (AvgIpc) is 3.40. The van der Waals surface area contributed by atoms with Crippen LogP contribution in [0.25, 0.3) is 0 Å².